The summed E-state index contributed by atoms with van der Waals surface area (Å²) in [7, 11) is 1.75. The predicted octanol–water partition coefficient (Wildman–Crippen LogP) is 4.43. The van der Waals surface area contributed by atoms with Crippen LogP contribution in [0, 0.1) is 0 Å². The molecule has 2 aromatic carbocycles. The number of hydrogen-bond acceptors (Lipinski definition) is 5. The minimum absolute atomic E-state index is 0.0822. The lowest BCUT2D eigenvalue weighted by molar-refractivity contribution is -0.119. The van der Waals surface area contributed by atoms with E-state index in [1.165, 1.54) is 11.3 Å². The number of aryl methyl sites for hydroxylation is 1. The number of unbranched alkanes of at least 4 members (excludes halogenated alkanes) is 1. The molecule has 2 heterocycles. The minimum Gasteiger partial charge on any atom is -0.334 e. The quantitative estimate of drug-likeness (QED) is 0.640. The molecular formula is C23H24N4O2S. The summed E-state index contributed by atoms with van der Waals surface area (Å²) in [5.74, 6) is -0.815. The summed E-state index contributed by atoms with van der Waals surface area (Å²) in [5, 5.41) is 12.7. The van der Waals surface area contributed by atoms with Gasteiger partial charge in [0, 0.05) is 19.0 Å². The number of carbonyl (C=O) groups excluding carboxylic acids is 2. The van der Waals surface area contributed by atoms with E-state index in [1.807, 2.05) is 48.5 Å². The molecule has 2 amide bonds. The maximum Gasteiger partial charge on any atom is 0.254 e. The molecule has 154 valence electrons. The second kappa shape index (κ2) is 8.75. The zero-order chi connectivity index (χ0) is 21.1. The van der Waals surface area contributed by atoms with Crippen molar-refractivity contribution in [3.8, 4) is 0 Å². The SMILES string of the molecule is CCCCc1nnc(NC(=O)[C@@H]2c3ccccc3C(=O)N(C)[C@@H]2c2ccccc2)s1. The number of aromatic nitrogens is 2. The van der Waals surface area contributed by atoms with Crippen molar-refractivity contribution in [2.75, 3.05) is 12.4 Å². The number of amides is 2. The normalized spacial score (nSPS) is 18.2. The van der Waals surface area contributed by atoms with Crippen molar-refractivity contribution in [2.45, 2.75) is 38.1 Å². The predicted molar refractivity (Wildman–Crippen MR) is 118 cm³/mol. The Labute approximate surface area is 180 Å². The highest BCUT2D eigenvalue weighted by atomic mass is 32.1. The molecule has 1 aliphatic rings. The minimum atomic E-state index is -0.547. The second-order valence-corrected chi connectivity index (χ2v) is 8.49. The Hall–Kier alpha value is -3.06. The molecule has 0 spiro atoms. The van der Waals surface area contributed by atoms with Gasteiger partial charge in [0.15, 0.2) is 0 Å². The van der Waals surface area contributed by atoms with Gasteiger partial charge in [-0.3, -0.25) is 14.9 Å². The van der Waals surface area contributed by atoms with Crippen molar-refractivity contribution in [1.82, 2.24) is 15.1 Å². The van der Waals surface area contributed by atoms with Gasteiger partial charge >= 0.3 is 0 Å². The summed E-state index contributed by atoms with van der Waals surface area (Å²) in [6, 6.07) is 16.6. The van der Waals surface area contributed by atoms with Crippen molar-refractivity contribution in [1.29, 1.82) is 0 Å². The molecule has 0 saturated carbocycles. The van der Waals surface area contributed by atoms with Gasteiger partial charge < -0.3 is 4.90 Å². The van der Waals surface area contributed by atoms with Crippen molar-refractivity contribution in [3.05, 3.63) is 76.3 Å². The Morgan fingerprint density at radius 3 is 2.60 bits per heavy atom. The van der Waals surface area contributed by atoms with Gasteiger partial charge in [0.2, 0.25) is 11.0 Å². The Morgan fingerprint density at radius 1 is 1.10 bits per heavy atom. The topological polar surface area (TPSA) is 75.2 Å². The number of carbonyl (C=O) groups is 2. The molecule has 0 radical (unpaired) electrons. The Balaban J connectivity index is 1.70. The van der Waals surface area contributed by atoms with Crippen molar-refractivity contribution < 1.29 is 9.59 Å². The van der Waals surface area contributed by atoms with Crippen LogP contribution in [-0.2, 0) is 11.2 Å². The third-order valence-corrected chi connectivity index (χ3v) is 6.34. The third-order valence-electron chi connectivity index (χ3n) is 5.44. The van der Waals surface area contributed by atoms with E-state index in [-0.39, 0.29) is 11.8 Å². The van der Waals surface area contributed by atoms with Crippen molar-refractivity contribution >= 4 is 28.3 Å². The Bertz CT molecular complexity index is 1050. The first-order chi connectivity index (χ1) is 14.6. The van der Waals surface area contributed by atoms with Crippen LogP contribution in [0.15, 0.2) is 54.6 Å². The van der Waals surface area contributed by atoms with Crippen molar-refractivity contribution in [2.24, 2.45) is 0 Å². The van der Waals surface area contributed by atoms with E-state index in [1.54, 1.807) is 18.0 Å². The van der Waals surface area contributed by atoms with Gasteiger partial charge in [-0.1, -0.05) is 73.2 Å². The van der Waals surface area contributed by atoms with Crippen LogP contribution < -0.4 is 5.32 Å². The average molecular weight is 421 g/mol. The first kappa shape index (κ1) is 20.2. The fourth-order valence-corrected chi connectivity index (χ4v) is 4.72. The lowest BCUT2D eigenvalue weighted by atomic mass is 9.79. The van der Waals surface area contributed by atoms with E-state index in [9.17, 15) is 9.59 Å². The summed E-state index contributed by atoms with van der Waals surface area (Å²) in [6.45, 7) is 2.13. The van der Waals surface area contributed by atoms with Gasteiger partial charge in [-0.25, -0.2) is 0 Å². The zero-order valence-electron chi connectivity index (χ0n) is 17.0. The molecule has 6 nitrogen and oxygen atoms in total. The van der Waals surface area contributed by atoms with Crippen LogP contribution in [0.1, 0.15) is 58.2 Å². The molecule has 1 aromatic heterocycles. The number of likely N-dealkylation sites (N-methyl/N-ethyl adjacent to an activating group) is 1. The van der Waals surface area contributed by atoms with Crippen LogP contribution in [0.4, 0.5) is 5.13 Å². The molecule has 0 bridgehead atoms. The van der Waals surface area contributed by atoms with Gasteiger partial charge in [-0.2, -0.15) is 0 Å². The number of rotatable bonds is 6. The van der Waals surface area contributed by atoms with Crippen LogP contribution in [0.5, 0.6) is 0 Å². The first-order valence-electron chi connectivity index (χ1n) is 10.1. The van der Waals surface area contributed by atoms with E-state index in [0.29, 0.717) is 10.7 Å². The second-order valence-electron chi connectivity index (χ2n) is 7.43. The molecule has 0 aliphatic carbocycles. The standard InChI is InChI=1S/C23H24N4O2S/c1-3-4-14-18-25-26-23(30-18)24-21(28)19-16-12-8-9-13-17(16)22(29)27(2)20(19)15-10-6-5-7-11-15/h5-13,19-20H,3-4,14H2,1-2H3,(H,24,26,28)/t19-,20-/m1/s1. The van der Waals surface area contributed by atoms with Crippen LogP contribution in [-0.4, -0.2) is 34.0 Å². The Kier molecular flexibility index (Phi) is 5.90. The van der Waals surface area contributed by atoms with Crippen LogP contribution >= 0.6 is 11.3 Å². The summed E-state index contributed by atoms with van der Waals surface area (Å²) in [5.41, 5.74) is 2.22. The number of nitrogens with one attached hydrogen (secondary N) is 1. The molecule has 2 atom stereocenters. The molecule has 1 N–H and O–H groups in total. The number of anilines is 1. The van der Waals surface area contributed by atoms with E-state index in [2.05, 4.69) is 22.4 Å². The maximum absolute atomic E-state index is 13.5. The molecule has 7 heteroatoms. The van der Waals surface area contributed by atoms with Crippen molar-refractivity contribution in [3.63, 3.8) is 0 Å². The number of nitrogens with zero attached hydrogens (tertiary/aromatic N) is 3. The van der Waals surface area contributed by atoms with Crippen LogP contribution in [0.2, 0.25) is 0 Å². The van der Waals surface area contributed by atoms with Gasteiger partial charge in [0.05, 0.1) is 12.0 Å². The highest BCUT2D eigenvalue weighted by Crippen LogP contribution is 2.42. The largest absolute Gasteiger partial charge is 0.334 e. The summed E-state index contributed by atoms with van der Waals surface area (Å²) in [6.07, 6.45) is 2.99. The maximum atomic E-state index is 13.5. The lowest BCUT2D eigenvalue weighted by Gasteiger charge is -2.39. The molecule has 3 aromatic rings. The van der Waals surface area contributed by atoms with Gasteiger partial charge in [-0.15, -0.1) is 10.2 Å². The molecule has 0 saturated heterocycles. The smallest absolute Gasteiger partial charge is 0.254 e. The van der Waals surface area contributed by atoms with E-state index < -0.39 is 12.0 Å². The number of hydrogen-bond donors (Lipinski definition) is 1. The lowest BCUT2D eigenvalue weighted by Crippen LogP contribution is -2.44. The Morgan fingerprint density at radius 2 is 1.83 bits per heavy atom. The highest BCUT2D eigenvalue weighted by Gasteiger charge is 2.42. The first-order valence-corrected chi connectivity index (χ1v) is 11.0. The van der Waals surface area contributed by atoms with Gasteiger partial charge in [0.1, 0.15) is 5.01 Å². The summed E-state index contributed by atoms with van der Waals surface area (Å²) >= 11 is 1.41. The number of benzene rings is 2. The van der Waals surface area contributed by atoms with Crippen LogP contribution in [0.25, 0.3) is 0 Å². The molecule has 30 heavy (non-hydrogen) atoms. The fourth-order valence-electron chi connectivity index (χ4n) is 3.94. The highest BCUT2D eigenvalue weighted by molar-refractivity contribution is 7.15. The van der Waals surface area contributed by atoms with E-state index >= 15 is 0 Å². The zero-order valence-corrected chi connectivity index (χ0v) is 17.9. The summed E-state index contributed by atoms with van der Waals surface area (Å²) in [4.78, 5) is 28.1. The molecule has 0 fully saturated rings. The molecule has 4 rings (SSSR count). The molecule has 1 aliphatic heterocycles. The van der Waals surface area contributed by atoms with Gasteiger partial charge in [-0.05, 0) is 23.6 Å². The average Bonchev–Trinajstić information content (AvgIpc) is 3.22. The third kappa shape index (κ3) is 3.85. The molecule has 0 unspecified atom stereocenters. The van der Waals surface area contributed by atoms with Crippen LogP contribution in [0.3, 0.4) is 0 Å². The van der Waals surface area contributed by atoms with Gasteiger partial charge in [0.25, 0.3) is 5.91 Å². The van der Waals surface area contributed by atoms with E-state index in [0.717, 1.165) is 35.4 Å². The fraction of sp³-hybridized carbons (Fsp3) is 0.304. The monoisotopic (exact) mass is 420 g/mol. The number of fused-ring (bicyclic) bond motifs is 1. The van der Waals surface area contributed by atoms with E-state index in [4.69, 9.17) is 0 Å². The molecular weight excluding hydrogens is 396 g/mol. The summed E-state index contributed by atoms with van der Waals surface area (Å²) < 4.78 is 0.